The summed E-state index contributed by atoms with van der Waals surface area (Å²) in [7, 11) is 0. The molecule has 5 heteroatoms. The summed E-state index contributed by atoms with van der Waals surface area (Å²) in [5.41, 5.74) is 4.35. The van der Waals surface area contributed by atoms with Crippen LogP contribution in [0.5, 0.6) is 0 Å². The van der Waals surface area contributed by atoms with Gasteiger partial charge in [0.05, 0.1) is 22.4 Å². The quantitative estimate of drug-likeness (QED) is 0.761. The van der Waals surface area contributed by atoms with Crippen LogP contribution in [0.25, 0.3) is 11.3 Å². The zero-order valence-electron chi connectivity index (χ0n) is 11.4. The van der Waals surface area contributed by atoms with Gasteiger partial charge in [-0.2, -0.15) is 5.10 Å². The topological polar surface area (TPSA) is 53.6 Å². The van der Waals surface area contributed by atoms with E-state index in [1.807, 2.05) is 13.0 Å². The molecular formula is C15H16N4S. The molecule has 0 aliphatic rings. The number of aryl methyl sites for hydroxylation is 1. The highest BCUT2D eigenvalue weighted by Gasteiger charge is 2.07. The smallest absolute Gasteiger partial charge is 0.0901 e. The molecule has 3 aromatic rings. The van der Waals surface area contributed by atoms with Gasteiger partial charge in [-0.15, -0.1) is 11.3 Å². The van der Waals surface area contributed by atoms with Gasteiger partial charge < -0.3 is 5.32 Å². The van der Waals surface area contributed by atoms with Crippen molar-refractivity contribution in [1.82, 2.24) is 15.2 Å². The number of rotatable bonds is 4. The number of nitrogens with one attached hydrogen (secondary N) is 2. The third kappa shape index (κ3) is 2.72. The Kier molecular flexibility index (Phi) is 3.52. The summed E-state index contributed by atoms with van der Waals surface area (Å²) in [6.45, 7) is 4.13. The van der Waals surface area contributed by atoms with E-state index in [1.54, 1.807) is 17.5 Å². The van der Waals surface area contributed by atoms with Crippen molar-refractivity contribution in [3.8, 4) is 11.3 Å². The van der Waals surface area contributed by atoms with Crippen LogP contribution in [0.15, 0.2) is 41.9 Å². The van der Waals surface area contributed by atoms with E-state index >= 15 is 0 Å². The summed E-state index contributed by atoms with van der Waals surface area (Å²) < 4.78 is 0. The van der Waals surface area contributed by atoms with Gasteiger partial charge in [-0.05, 0) is 32.0 Å². The van der Waals surface area contributed by atoms with Crippen LogP contribution in [0.1, 0.15) is 23.7 Å². The van der Waals surface area contributed by atoms with Gasteiger partial charge in [0.15, 0.2) is 0 Å². The number of thiazole rings is 1. The second-order valence-electron chi connectivity index (χ2n) is 4.71. The minimum Gasteiger partial charge on any atom is -0.377 e. The summed E-state index contributed by atoms with van der Waals surface area (Å²) >= 11 is 1.67. The SMILES string of the molecule is Cc1nc(-c2ccc(NC(C)c3ccn[nH]3)cc2)cs1. The average Bonchev–Trinajstić information content (AvgIpc) is 3.10. The molecule has 0 aliphatic heterocycles. The van der Waals surface area contributed by atoms with Gasteiger partial charge in [-0.3, -0.25) is 5.10 Å². The summed E-state index contributed by atoms with van der Waals surface area (Å²) in [5, 5.41) is 13.6. The first-order valence-electron chi connectivity index (χ1n) is 6.51. The van der Waals surface area contributed by atoms with Crippen LogP contribution in [0.2, 0.25) is 0 Å². The maximum absolute atomic E-state index is 4.50. The van der Waals surface area contributed by atoms with E-state index in [0.717, 1.165) is 27.6 Å². The number of aromatic nitrogens is 3. The molecular weight excluding hydrogens is 268 g/mol. The van der Waals surface area contributed by atoms with E-state index in [2.05, 4.69) is 57.1 Å². The molecule has 0 radical (unpaired) electrons. The Bertz CT molecular complexity index is 670. The highest BCUT2D eigenvalue weighted by Crippen LogP contribution is 2.24. The number of hydrogen-bond acceptors (Lipinski definition) is 4. The number of hydrogen-bond donors (Lipinski definition) is 2. The molecule has 0 bridgehead atoms. The van der Waals surface area contributed by atoms with Gasteiger partial charge >= 0.3 is 0 Å². The second kappa shape index (κ2) is 5.46. The van der Waals surface area contributed by atoms with Gasteiger partial charge in [-0.25, -0.2) is 4.98 Å². The molecule has 2 aromatic heterocycles. The highest BCUT2D eigenvalue weighted by molar-refractivity contribution is 7.09. The van der Waals surface area contributed by atoms with Crippen molar-refractivity contribution in [3.63, 3.8) is 0 Å². The largest absolute Gasteiger partial charge is 0.377 e. The fourth-order valence-electron chi connectivity index (χ4n) is 2.07. The molecule has 0 amide bonds. The molecule has 1 unspecified atom stereocenters. The van der Waals surface area contributed by atoms with E-state index in [1.165, 1.54) is 0 Å². The Hall–Kier alpha value is -2.14. The lowest BCUT2D eigenvalue weighted by Gasteiger charge is -2.13. The summed E-state index contributed by atoms with van der Waals surface area (Å²) in [6.07, 6.45) is 1.77. The number of benzene rings is 1. The third-order valence-corrected chi connectivity index (χ3v) is 3.95. The predicted molar refractivity (Wildman–Crippen MR) is 82.9 cm³/mol. The van der Waals surface area contributed by atoms with Crippen LogP contribution in [-0.2, 0) is 0 Å². The van der Waals surface area contributed by atoms with Crippen molar-refractivity contribution in [3.05, 3.63) is 52.6 Å². The number of anilines is 1. The predicted octanol–water partition coefficient (Wildman–Crippen LogP) is 4.01. The molecule has 20 heavy (non-hydrogen) atoms. The van der Waals surface area contributed by atoms with E-state index in [-0.39, 0.29) is 6.04 Å². The summed E-state index contributed by atoms with van der Waals surface area (Å²) in [5.74, 6) is 0. The maximum atomic E-state index is 4.50. The molecule has 2 heterocycles. The lowest BCUT2D eigenvalue weighted by atomic mass is 10.1. The Morgan fingerprint density at radius 1 is 1.20 bits per heavy atom. The molecule has 0 aliphatic carbocycles. The third-order valence-electron chi connectivity index (χ3n) is 3.17. The van der Waals surface area contributed by atoms with Gasteiger partial charge in [-0.1, -0.05) is 12.1 Å². The van der Waals surface area contributed by atoms with Crippen LogP contribution in [0.3, 0.4) is 0 Å². The highest BCUT2D eigenvalue weighted by atomic mass is 32.1. The zero-order valence-corrected chi connectivity index (χ0v) is 12.2. The second-order valence-corrected chi connectivity index (χ2v) is 5.77. The minimum atomic E-state index is 0.199. The molecule has 4 nitrogen and oxygen atoms in total. The van der Waals surface area contributed by atoms with Gasteiger partial charge in [0.2, 0.25) is 0 Å². The minimum absolute atomic E-state index is 0.199. The van der Waals surface area contributed by atoms with Gasteiger partial charge in [0.25, 0.3) is 0 Å². The van der Waals surface area contributed by atoms with Crippen molar-refractivity contribution in [2.24, 2.45) is 0 Å². The standard InChI is InChI=1S/C15H16N4S/c1-10(14-7-8-16-19-14)17-13-5-3-12(4-6-13)15-9-20-11(2)18-15/h3-10,17H,1-2H3,(H,16,19). The normalized spacial score (nSPS) is 12.3. The van der Waals surface area contributed by atoms with Crippen molar-refractivity contribution < 1.29 is 0 Å². The fourth-order valence-corrected chi connectivity index (χ4v) is 2.69. The van der Waals surface area contributed by atoms with E-state index in [9.17, 15) is 0 Å². The molecule has 3 rings (SSSR count). The molecule has 0 saturated carbocycles. The van der Waals surface area contributed by atoms with Crippen LogP contribution >= 0.6 is 11.3 Å². The first kappa shape index (κ1) is 12.9. The Balaban J connectivity index is 1.73. The van der Waals surface area contributed by atoms with Crippen molar-refractivity contribution in [1.29, 1.82) is 0 Å². The van der Waals surface area contributed by atoms with Crippen LogP contribution < -0.4 is 5.32 Å². The molecule has 102 valence electrons. The van der Waals surface area contributed by atoms with E-state index < -0.39 is 0 Å². The van der Waals surface area contributed by atoms with Crippen LogP contribution in [0.4, 0.5) is 5.69 Å². The lowest BCUT2D eigenvalue weighted by molar-refractivity contribution is 0.826. The monoisotopic (exact) mass is 284 g/mol. The molecule has 1 atom stereocenters. The summed E-state index contributed by atoms with van der Waals surface area (Å²) in [6, 6.07) is 10.5. The summed E-state index contributed by atoms with van der Waals surface area (Å²) in [4.78, 5) is 4.50. The molecule has 0 saturated heterocycles. The molecule has 1 aromatic carbocycles. The first-order chi connectivity index (χ1) is 9.72. The van der Waals surface area contributed by atoms with Gasteiger partial charge in [0.1, 0.15) is 0 Å². The van der Waals surface area contributed by atoms with Crippen molar-refractivity contribution >= 4 is 17.0 Å². The molecule has 0 fully saturated rings. The Morgan fingerprint density at radius 3 is 2.60 bits per heavy atom. The number of aromatic amines is 1. The van der Waals surface area contributed by atoms with E-state index in [0.29, 0.717) is 0 Å². The fraction of sp³-hybridized carbons (Fsp3) is 0.200. The first-order valence-corrected chi connectivity index (χ1v) is 7.39. The van der Waals surface area contributed by atoms with Crippen molar-refractivity contribution in [2.75, 3.05) is 5.32 Å². The van der Waals surface area contributed by atoms with Gasteiger partial charge in [0, 0.05) is 22.8 Å². The van der Waals surface area contributed by atoms with Crippen LogP contribution in [-0.4, -0.2) is 15.2 Å². The van der Waals surface area contributed by atoms with E-state index in [4.69, 9.17) is 0 Å². The number of H-pyrrole nitrogens is 1. The lowest BCUT2D eigenvalue weighted by Crippen LogP contribution is -2.06. The Labute approximate surface area is 121 Å². The molecule has 2 N–H and O–H groups in total. The maximum Gasteiger partial charge on any atom is 0.0901 e. The van der Waals surface area contributed by atoms with Crippen LogP contribution in [0, 0.1) is 6.92 Å². The van der Waals surface area contributed by atoms with Crippen molar-refractivity contribution in [2.45, 2.75) is 19.9 Å². The number of nitrogens with zero attached hydrogens (tertiary/aromatic N) is 2. The Morgan fingerprint density at radius 2 is 2.00 bits per heavy atom. The molecule has 0 spiro atoms. The average molecular weight is 284 g/mol. The zero-order chi connectivity index (χ0) is 13.9.